The van der Waals surface area contributed by atoms with Crippen LogP contribution in [0.15, 0.2) is 47.7 Å². The largest absolute Gasteiger partial charge is 0.314 e. The van der Waals surface area contributed by atoms with Crippen LogP contribution in [0.1, 0.15) is 17.0 Å². The molecular formula is C15H14N4O. The van der Waals surface area contributed by atoms with E-state index in [0.29, 0.717) is 6.54 Å². The Kier molecular flexibility index (Phi) is 3.60. The second-order valence-electron chi connectivity index (χ2n) is 4.57. The van der Waals surface area contributed by atoms with Gasteiger partial charge >= 0.3 is 5.91 Å². The maximum atomic E-state index is 11.9. The van der Waals surface area contributed by atoms with Crippen molar-refractivity contribution in [1.29, 1.82) is 0 Å². The van der Waals surface area contributed by atoms with E-state index in [1.54, 1.807) is 12.4 Å². The molecule has 1 aromatic carbocycles. The molecular weight excluding hydrogens is 252 g/mol. The summed E-state index contributed by atoms with van der Waals surface area (Å²) in [6, 6.07) is 9.81. The number of rotatable bonds is 2. The molecule has 1 saturated heterocycles. The second kappa shape index (κ2) is 5.71. The smallest absolute Gasteiger partial charge is 0.311 e. The van der Waals surface area contributed by atoms with Crippen LogP contribution in [0.4, 0.5) is 0 Å². The van der Waals surface area contributed by atoms with Crippen LogP contribution in [0.25, 0.3) is 11.1 Å². The number of hydrogen-bond donors (Lipinski definition) is 1. The molecule has 5 nitrogen and oxygen atoms in total. The standard InChI is InChI=1S/C15H14N4O/c20-15(19-13-6-7-16-10-13)14-17-8-12(9-18-14)11-4-2-1-3-5-11/h1-5,8-9,16H,6-7,10H2. The molecule has 5 heteroatoms. The van der Waals surface area contributed by atoms with Crippen LogP contribution < -0.4 is 5.32 Å². The van der Waals surface area contributed by atoms with Crippen LogP contribution in [0.2, 0.25) is 0 Å². The summed E-state index contributed by atoms with van der Waals surface area (Å²) in [7, 11) is 0. The molecule has 2 heterocycles. The minimum atomic E-state index is -0.372. The molecule has 20 heavy (non-hydrogen) atoms. The Balaban J connectivity index is 1.79. The van der Waals surface area contributed by atoms with Crippen molar-refractivity contribution in [2.75, 3.05) is 13.1 Å². The Labute approximate surface area is 116 Å². The zero-order valence-electron chi connectivity index (χ0n) is 10.9. The molecule has 0 aliphatic carbocycles. The fourth-order valence-electron chi connectivity index (χ4n) is 2.06. The first-order valence-corrected chi connectivity index (χ1v) is 6.52. The maximum Gasteiger partial charge on any atom is 0.314 e. The second-order valence-corrected chi connectivity index (χ2v) is 4.57. The van der Waals surface area contributed by atoms with Crippen LogP contribution in [0, 0.1) is 0 Å². The van der Waals surface area contributed by atoms with Crippen LogP contribution in [0.3, 0.4) is 0 Å². The van der Waals surface area contributed by atoms with Gasteiger partial charge in [-0.3, -0.25) is 4.79 Å². The van der Waals surface area contributed by atoms with Crippen molar-refractivity contribution in [2.24, 2.45) is 4.99 Å². The highest BCUT2D eigenvalue weighted by Crippen LogP contribution is 2.16. The minimum absolute atomic E-state index is 0.143. The highest BCUT2D eigenvalue weighted by molar-refractivity contribution is 6.03. The van der Waals surface area contributed by atoms with Crippen LogP contribution in [0.5, 0.6) is 0 Å². The van der Waals surface area contributed by atoms with Crippen molar-refractivity contribution in [1.82, 2.24) is 15.3 Å². The fraction of sp³-hybridized carbons (Fsp3) is 0.200. The number of hydrogen-bond acceptors (Lipinski definition) is 4. The molecule has 0 bridgehead atoms. The summed E-state index contributed by atoms with van der Waals surface area (Å²) in [5.41, 5.74) is 2.78. The average Bonchev–Trinajstić information content (AvgIpc) is 3.01. The van der Waals surface area contributed by atoms with E-state index in [-0.39, 0.29) is 11.7 Å². The molecule has 0 atom stereocenters. The lowest BCUT2D eigenvalue weighted by Gasteiger charge is -2.01. The summed E-state index contributed by atoms with van der Waals surface area (Å²) in [5, 5.41) is 3.14. The van der Waals surface area contributed by atoms with E-state index in [1.165, 1.54) is 0 Å². The fourth-order valence-corrected chi connectivity index (χ4v) is 2.06. The Morgan fingerprint density at radius 1 is 1.10 bits per heavy atom. The molecule has 1 aromatic heterocycles. The Morgan fingerprint density at radius 2 is 1.85 bits per heavy atom. The van der Waals surface area contributed by atoms with Gasteiger partial charge in [0.2, 0.25) is 5.82 Å². The molecule has 3 rings (SSSR count). The van der Waals surface area contributed by atoms with E-state index in [2.05, 4.69) is 20.3 Å². The van der Waals surface area contributed by atoms with E-state index in [0.717, 1.165) is 29.8 Å². The summed E-state index contributed by atoms with van der Waals surface area (Å²) < 4.78 is 0. The Bertz CT molecular complexity index is 627. The van der Waals surface area contributed by atoms with Gasteiger partial charge < -0.3 is 5.32 Å². The Hall–Kier alpha value is -2.40. The van der Waals surface area contributed by atoms with E-state index >= 15 is 0 Å². The SMILES string of the molecule is O=C(N=C1CCNC1)c1ncc(-c2ccccc2)cn1. The van der Waals surface area contributed by atoms with Gasteiger partial charge in [-0.2, -0.15) is 0 Å². The number of nitrogens with zero attached hydrogens (tertiary/aromatic N) is 3. The quantitative estimate of drug-likeness (QED) is 0.898. The van der Waals surface area contributed by atoms with Gasteiger partial charge in [0, 0.05) is 36.8 Å². The summed E-state index contributed by atoms with van der Waals surface area (Å²) in [6.07, 6.45) is 4.12. The van der Waals surface area contributed by atoms with Crippen molar-refractivity contribution in [2.45, 2.75) is 6.42 Å². The highest BCUT2D eigenvalue weighted by Gasteiger charge is 2.13. The monoisotopic (exact) mass is 266 g/mol. The first-order valence-electron chi connectivity index (χ1n) is 6.52. The first-order chi connectivity index (χ1) is 9.83. The summed E-state index contributed by atoms with van der Waals surface area (Å²) in [6.45, 7) is 1.55. The van der Waals surface area contributed by atoms with Gasteiger partial charge in [0.25, 0.3) is 0 Å². The van der Waals surface area contributed by atoms with E-state index in [1.807, 2.05) is 30.3 Å². The lowest BCUT2D eigenvalue weighted by molar-refractivity contribution is 0.0993. The third kappa shape index (κ3) is 2.78. The van der Waals surface area contributed by atoms with E-state index < -0.39 is 0 Å². The van der Waals surface area contributed by atoms with Gasteiger partial charge in [-0.1, -0.05) is 30.3 Å². The van der Waals surface area contributed by atoms with Crippen LogP contribution >= 0.6 is 0 Å². The van der Waals surface area contributed by atoms with Gasteiger partial charge in [0.15, 0.2) is 0 Å². The van der Waals surface area contributed by atoms with Gasteiger partial charge in [-0.05, 0) is 12.0 Å². The number of carbonyl (C=O) groups excluding carboxylic acids is 1. The van der Waals surface area contributed by atoms with Gasteiger partial charge in [-0.15, -0.1) is 0 Å². The molecule has 1 amide bonds. The number of nitrogens with one attached hydrogen (secondary N) is 1. The molecule has 1 fully saturated rings. The number of carbonyl (C=O) groups is 1. The van der Waals surface area contributed by atoms with Crippen LogP contribution in [-0.2, 0) is 0 Å². The molecule has 0 saturated carbocycles. The lowest BCUT2D eigenvalue weighted by atomic mass is 10.1. The molecule has 1 aliphatic heterocycles. The Morgan fingerprint density at radius 3 is 2.50 bits per heavy atom. The third-order valence-corrected chi connectivity index (χ3v) is 3.13. The number of benzene rings is 1. The molecule has 100 valence electrons. The zero-order chi connectivity index (χ0) is 13.8. The summed E-state index contributed by atoms with van der Waals surface area (Å²) in [5.74, 6) is -0.229. The molecule has 2 aromatic rings. The molecule has 1 N–H and O–H groups in total. The molecule has 0 spiro atoms. The topological polar surface area (TPSA) is 67.2 Å². The highest BCUT2D eigenvalue weighted by atomic mass is 16.1. The molecule has 0 unspecified atom stereocenters. The van der Waals surface area contributed by atoms with Crippen molar-refractivity contribution in [3.8, 4) is 11.1 Å². The molecule has 1 aliphatic rings. The third-order valence-electron chi connectivity index (χ3n) is 3.13. The normalized spacial score (nSPS) is 16.5. The zero-order valence-corrected chi connectivity index (χ0v) is 10.9. The minimum Gasteiger partial charge on any atom is -0.311 e. The summed E-state index contributed by atoms with van der Waals surface area (Å²) in [4.78, 5) is 24.2. The summed E-state index contributed by atoms with van der Waals surface area (Å²) >= 11 is 0. The van der Waals surface area contributed by atoms with E-state index in [4.69, 9.17) is 0 Å². The van der Waals surface area contributed by atoms with Crippen molar-refractivity contribution in [3.05, 3.63) is 48.5 Å². The van der Waals surface area contributed by atoms with Gasteiger partial charge in [-0.25, -0.2) is 15.0 Å². The number of aliphatic imine (C=N–C) groups is 1. The average molecular weight is 266 g/mol. The van der Waals surface area contributed by atoms with Gasteiger partial charge in [0.1, 0.15) is 0 Å². The van der Waals surface area contributed by atoms with Gasteiger partial charge in [0.05, 0.1) is 0 Å². The van der Waals surface area contributed by atoms with Crippen molar-refractivity contribution < 1.29 is 4.79 Å². The van der Waals surface area contributed by atoms with Crippen molar-refractivity contribution in [3.63, 3.8) is 0 Å². The maximum absolute atomic E-state index is 11.9. The predicted octanol–water partition coefficient (Wildman–Crippen LogP) is 1.72. The number of aromatic nitrogens is 2. The predicted molar refractivity (Wildman–Crippen MR) is 76.7 cm³/mol. The first kappa shape index (κ1) is 12.6. The van der Waals surface area contributed by atoms with Crippen molar-refractivity contribution >= 4 is 11.6 Å². The number of amides is 1. The molecule has 0 radical (unpaired) electrons. The van der Waals surface area contributed by atoms with Crippen LogP contribution in [-0.4, -0.2) is 34.7 Å². The van der Waals surface area contributed by atoms with E-state index in [9.17, 15) is 4.79 Å². The lowest BCUT2D eigenvalue weighted by Crippen LogP contribution is -2.11.